The summed E-state index contributed by atoms with van der Waals surface area (Å²) in [7, 11) is -3.25. The number of aryl methyl sites for hydroxylation is 1. The van der Waals surface area contributed by atoms with Crippen molar-refractivity contribution in [2.45, 2.75) is 69.6 Å². The van der Waals surface area contributed by atoms with Crippen LogP contribution in [-0.2, 0) is 14.8 Å². The highest BCUT2D eigenvalue weighted by molar-refractivity contribution is 7.88. The van der Waals surface area contributed by atoms with Crippen molar-refractivity contribution in [2.24, 2.45) is 0 Å². The number of fused-ring (bicyclic) bond motifs is 5. The van der Waals surface area contributed by atoms with E-state index in [2.05, 4.69) is 34.7 Å². The molecule has 1 aliphatic carbocycles. The molecule has 0 amide bonds. The van der Waals surface area contributed by atoms with Crippen molar-refractivity contribution in [3.8, 4) is 5.75 Å². The van der Waals surface area contributed by atoms with Crippen LogP contribution in [0.4, 0.5) is 0 Å². The van der Waals surface area contributed by atoms with Crippen LogP contribution in [0.5, 0.6) is 5.75 Å². The molecule has 162 valence electrons. The van der Waals surface area contributed by atoms with Crippen molar-refractivity contribution in [1.82, 2.24) is 9.62 Å². The molecule has 1 saturated heterocycles. The average Bonchev–Trinajstić information content (AvgIpc) is 2.69. The summed E-state index contributed by atoms with van der Waals surface area (Å²) in [5.74, 6) is 1.59. The van der Waals surface area contributed by atoms with Gasteiger partial charge in [-0.3, -0.25) is 4.90 Å². The lowest BCUT2D eigenvalue weighted by Gasteiger charge is -2.41. The SMILES string of the molecule is Cc1cccc2c1OCCN1CCCC(NS(C)(=O)=O)C1CO[C@H]1CC[C@@H]2CC1. The predicted octanol–water partition coefficient (Wildman–Crippen LogP) is 2.81. The zero-order valence-corrected chi connectivity index (χ0v) is 18.4. The van der Waals surface area contributed by atoms with Gasteiger partial charge in [-0.2, -0.15) is 0 Å². The van der Waals surface area contributed by atoms with Crippen LogP contribution >= 0.6 is 0 Å². The first-order valence-corrected chi connectivity index (χ1v) is 12.8. The number of hydrogen-bond acceptors (Lipinski definition) is 5. The van der Waals surface area contributed by atoms with Crippen LogP contribution in [0, 0.1) is 6.92 Å². The second-order valence-electron chi connectivity index (χ2n) is 8.89. The van der Waals surface area contributed by atoms with E-state index in [0.717, 1.165) is 57.4 Å². The van der Waals surface area contributed by atoms with Gasteiger partial charge in [0.1, 0.15) is 12.4 Å². The van der Waals surface area contributed by atoms with Crippen molar-refractivity contribution in [1.29, 1.82) is 0 Å². The number of benzene rings is 1. The first-order valence-electron chi connectivity index (χ1n) is 11.0. The lowest BCUT2D eigenvalue weighted by atomic mass is 9.82. The molecule has 5 rings (SSSR count). The fraction of sp³-hybridized carbons (Fsp3) is 0.727. The van der Waals surface area contributed by atoms with E-state index in [1.54, 1.807) is 0 Å². The molecule has 3 aliphatic heterocycles. The highest BCUT2D eigenvalue weighted by atomic mass is 32.2. The van der Waals surface area contributed by atoms with E-state index in [0.29, 0.717) is 19.1 Å². The minimum Gasteiger partial charge on any atom is -0.492 e. The molecule has 2 fully saturated rings. The average molecular weight is 423 g/mol. The third-order valence-corrected chi connectivity index (χ3v) is 7.47. The zero-order chi connectivity index (χ0) is 20.4. The molecule has 1 aromatic carbocycles. The summed E-state index contributed by atoms with van der Waals surface area (Å²) < 4.78 is 39.4. The van der Waals surface area contributed by atoms with Crippen molar-refractivity contribution in [3.63, 3.8) is 0 Å². The van der Waals surface area contributed by atoms with Crippen molar-refractivity contribution in [2.75, 3.05) is 32.6 Å². The molecule has 1 saturated carbocycles. The Morgan fingerprint density at radius 1 is 1.10 bits per heavy atom. The number of sulfonamides is 1. The molecule has 2 unspecified atom stereocenters. The fourth-order valence-electron chi connectivity index (χ4n) is 5.27. The minimum atomic E-state index is -3.25. The van der Waals surface area contributed by atoms with Gasteiger partial charge in [-0.25, -0.2) is 13.1 Å². The molecule has 29 heavy (non-hydrogen) atoms. The van der Waals surface area contributed by atoms with Crippen LogP contribution in [0.15, 0.2) is 18.2 Å². The maximum atomic E-state index is 11.9. The Kier molecular flexibility index (Phi) is 6.49. The molecule has 6 nitrogen and oxygen atoms in total. The Morgan fingerprint density at radius 2 is 1.90 bits per heavy atom. The zero-order valence-electron chi connectivity index (χ0n) is 17.6. The number of piperidine rings is 1. The van der Waals surface area contributed by atoms with Crippen LogP contribution in [0.1, 0.15) is 55.6 Å². The van der Waals surface area contributed by atoms with Crippen molar-refractivity contribution in [3.05, 3.63) is 29.3 Å². The van der Waals surface area contributed by atoms with E-state index < -0.39 is 10.0 Å². The van der Waals surface area contributed by atoms with Crippen LogP contribution in [0.25, 0.3) is 0 Å². The molecule has 2 bridgehead atoms. The molecule has 7 heteroatoms. The van der Waals surface area contributed by atoms with E-state index >= 15 is 0 Å². The Labute approximate surface area is 175 Å². The Bertz CT molecular complexity index is 805. The number of nitrogens with one attached hydrogen (secondary N) is 1. The van der Waals surface area contributed by atoms with Gasteiger partial charge in [0, 0.05) is 18.6 Å². The smallest absolute Gasteiger partial charge is 0.209 e. The first kappa shape index (κ1) is 21.1. The molecule has 0 spiro atoms. The summed E-state index contributed by atoms with van der Waals surface area (Å²) >= 11 is 0. The highest BCUT2D eigenvalue weighted by Crippen LogP contribution is 2.40. The summed E-state index contributed by atoms with van der Waals surface area (Å²) in [5, 5.41) is 0. The van der Waals surface area contributed by atoms with Crippen molar-refractivity contribution < 1.29 is 17.9 Å². The van der Waals surface area contributed by atoms with Gasteiger partial charge >= 0.3 is 0 Å². The van der Waals surface area contributed by atoms with E-state index in [4.69, 9.17) is 9.47 Å². The number of hydrogen-bond donors (Lipinski definition) is 1. The quantitative estimate of drug-likeness (QED) is 0.794. The maximum Gasteiger partial charge on any atom is 0.209 e. The summed E-state index contributed by atoms with van der Waals surface area (Å²) in [6.45, 7) is 5.04. The number of para-hydroxylation sites is 1. The normalized spacial score (nSPS) is 31.5. The fourth-order valence-corrected chi connectivity index (χ4v) is 6.10. The first-order chi connectivity index (χ1) is 13.9. The lowest BCUT2D eigenvalue weighted by molar-refractivity contribution is -0.0284. The molecule has 1 N–H and O–H groups in total. The molecule has 0 radical (unpaired) electrons. The van der Waals surface area contributed by atoms with E-state index in [-0.39, 0.29) is 18.2 Å². The second-order valence-corrected chi connectivity index (χ2v) is 10.7. The van der Waals surface area contributed by atoms with Gasteiger partial charge in [0.05, 0.1) is 19.0 Å². The molecule has 3 heterocycles. The van der Waals surface area contributed by atoms with Gasteiger partial charge in [-0.15, -0.1) is 0 Å². The lowest BCUT2D eigenvalue weighted by Crippen LogP contribution is -2.58. The minimum absolute atomic E-state index is 0.0527. The second kappa shape index (κ2) is 8.92. The van der Waals surface area contributed by atoms with Crippen molar-refractivity contribution >= 4 is 10.0 Å². The summed E-state index contributed by atoms with van der Waals surface area (Å²) in [6.07, 6.45) is 7.68. The highest BCUT2D eigenvalue weighted by Gasteiger charge is 2.35. The summed E-state index contributed by atoms with van der Waals surface area (Å²) in [4.78, 5) is 2.36. The van der Waals surface area contributed by atoms with E-state index in [1.807, 2.05) is 0 Å². The van der Waals surface area contributed by atoms with Crippen LogP contribution in [0.2, 0.25) is 0 Å². The Balaban J connectivity index is 1.58. The topological polar surface area (TPSA) is 67.9 Å². The van der Waals surface area contributed by atoms with Crippen LogP contribution in [-0.4, -0.2) is 64.1 Å². The van der Waals surface area contributed by atoms with Gasteiger partial charge in [0.25, 0.3) is 0 Å². The van der Waals surface area contributed by atoms with E-state index in [9.17, 15) is 8.42 Å². The van der Waals surface area contributed by atoms with Gasteiger partial charge in [-0.05, 0) is 69.0 Å². The largest absolute Gasteiger partial charge is 0.492 e. The molecule has 0 aromatic heterocycles. The van der Waals surface area contributed by atoms with Crippen LogP contribution in [0.3, 0.4) is 0 Å². The number of ether oxygens (including phenoxy) is 2. The standard InChI is InChI=1S/C22H34N2O4S/c1-16-5-3-6-19-17-8-10-18(11-9-17)28-15-21-20(23-29(2,25)26)7-4-12-24(21)13-14-27-22(16)19/h3,5-6,17-18,20-21,23H,4,7-15H2,1-2H3/t17-,18+,20?,21?. The van der Waals surface area contributed by atoms with Gasteiger partial charge < -0.3 is 9.47 Å². The predicted molar refractivity (Wildman–Crippen MR) is 114 cm³/mol. The molecular formula is C22H34N2O4S. The molecule has 4 aliphatic rings. The van der Waals surface area contributed by atoms with Gasteiger partial charge in [0.15, 0.2) is 0 Å². The van der Waals surface area contributed by atoms with Crippen LogP contribution < -0.4 is 9.46 Å². The van der Waals surface area contributed by atoms with Gasteiger partial charge in [-0.1, -0.05) is 18.2 Å². The number of nitrogens with zero attached hydrogens (tertiary/aromatic N) is 1. The molecule has 1 aromatic rings. The number of rotatable bonds is 2. The molecular weight excluding hydrogens is 388 g/mol. The Hall–Kier alpha value is -1.15. The summed E-state index contributed by atoms with van der Waals surface area (Å²) in [6, 6.07) is 6.44. The monoisotopic (exact) mass is 422 g/mol. The molecule has 2 atom stereocenters. The maximum absolute atomic E-state index is 11.9. The summed E-state index contributed by atoms with van der Waals surface area (Å²) in [5.41, 5.74) is 2.54. The van der Waals surface area contributed by atoms with Gasteiger partial charge in [0.2, 0.25) is 10.0 Å². The third kappa shape index (κ3) is 5.13. The third-order valence-electron chi connectivity index (χ3n) is 6.74. The Morgan fingerprint density at radius 3 is 2.66 bits per heavy atom. The van der Waals surface area contributed by atoms with E-state index in [1.165, 1.54) is 17.4 Å².